The average molecular weight is 457 g/mol. The van der Waals surface area contributed by atoms with Gasteiger partial charge in [0, 0.05) is 17.5 Å². The van der Waals surface area contributed by atoms with Crippen LogP contribution in [0.1, 0.15) is 27.2 Å². The number of ether oxygens (including phenoxy) is 2. The molecule has 1 N–H and O–H groups in total. The third-order valence-electron chi connectivity index (χ3n) is 5.27. The lowest BCUT2D eigenvalue weighted by Crippen LogP contribution is -2.13. The number of benzene rings is 2. The minimum absolute atomic E-state index is 0.326. The van der Waals surface area contributed by atoms with Gasteiger partial charge in [0.15, 0.2) is 5.82 Å². The normalized spacial score (nSPS) is 11.1. The molecular formula is C26H24N4O4. The molecule has 2 heterocycles. The second kappa shape index (κ2) is 9.58. The summed E-state index contributed by atoms with van der Waals surface area (Å²) in [5.74, 6) is 0.994. The number of para-hydroxylation sites is 1. The molecule has 0 saturated carbocycles. The van der Waals surface area contributed by atoms with Crippen LogP contribution in [0.2, 0.25) is 0 Å². The van der Waals surface area contributed by atoms with Gasteiger partial charge in [0.05, 0.1) is 25.5 Å². The standard InChI is InChI=1S/C26H24N4O4/c1-16-14-22(28-25-20(16)6-5-7-21(25)33-3)30-23(15-17(2)29-30)27-24(31)13-10-18-8-11-19(12-9-18)26(32)34-4/h5-15H,1-4H3,(H,27,31)/b13-10+. The second-order valence-corrected chi connectivity index (χ2v) is 7.67. The number of hydrogen-bond acceptors (Lipinski definition) is 6. The van der Waals surface area contributed by atoms with Crippen molar-refractivity contribution in [2.24, 2.45) is 0 Å². The summed E-state index contributed by atoms with van der Waals surface area (Å²) in [5, 5.41) is 8.37. The first-order chi connectivity index (χ1) is 16.4. The molecule has 172 valence electrons. The molecule has 34 heavy (non-hydrogen) atoms. The van der Waals surface area contributed by atoms with Crippen LogP contribution in [0.3, 0.4) is 0 Å². The van der Waals surface area contributed by atoms with Crippen molar-refractivity contribution in [3.63, 3.8) is 0 Å². The molecule has 2 aromatic carbocycles. The van der Waals surface area contributed by atoms with Crippen molar-refractivity contribution in [1.29, 1.82) is 0 Å². The predicted molar refractivity (Wildman–Crippen MR) is 130 cm³/mol. The van der Waals surface area contributed by atoms with Crippen LogP contribution in [0.4, 0.5) is 5.82 Å². The molecule has 0 aliphatic carbocycles. The number of aromatic nitrogens is 3. The zero-order chi connectivity index (χ0) is 24.2. The lowest BCUT2D eigenvalue weighted by molar-refractivity contribution is -0.111. The Morgan fingerprint density at radius 1 is 1.03 bits per heavy atom. The van der Waals surface area contributed by atoms with E-state index in [1.54, 1.807) is 48.2 Å². The number of amides is 1. The van der Waals surface area contributed by atoms with E-state index in [0.717, 1.165) is 27.7 Å². The SMILES string of the molecule is COC(=O)c1ccc(/C=C/C(=O)Nc2cc(C)nn2-c2cc(C)c3cccc(OC)c3n2)cc1. The summed E-state index contributed by atoms with van der Waals surface area (Å²) in [6, 6.07) is 16.2. The number of carbonyl (C=O) groups is 2. The Balaban J connectivity index is 1.59. The van der Waals surface area contributed by atoms with E-state index in [1.165, 1.54) is 13.2 Å². The van der Waals surface area contributed by atoms with Crippen LogP contribution in [0.15, 0.2) is 60.7 Å². The van der Waals surface area contributed by atoms with E-state index in [4.69, 9.17) is 14.5 Å². The van der Waals surface area contributed by atoms with E-state index in [-0.39, 0.29) is 5.91 Å². The quantitative estimate of drug-likeness (QED) is 0.339. The number of pyridine rings is 1. The van der Waals surface area contributed by atoms with Crippen molar-refractivity contribution in [1.82, 2.24) is 14.8 Å². The molecule has 0 aliphatic heterocycles. The van der Waals surface area contributed by atoms with Crippen molar-refractivity contribution in [3.05, 3.63) is 83.1 Å². The highest BCUT2D eigenvalue weighted by molar-refractivity contribution is 6.01. The van der Waals surface area contributed by atoms with E-state index in [0.29, 0.717) is 22.9 Å². The Labute approximate surface area is 196 Å². The molecule has 0 bridgehead atoms. The zero-order valence-corrected chi connectivity index (χ0v) is 19.3. The van der Waals surface area contributed by atoms with Crippen molar-refractivity contribution in [2.75, 3.05) is 19.5 Å². The summed E-state index contributed by atoms with van der Waals surface area (Å²) in [5.41, 5.74) is 3.68. The van der Waals surface area contributed by atoms with Crippen molar-refractivity contribution < 1.29 is 19.1 Å². The number of carbonyl (C=O) groups excluding carboxylic acids is 2. The highest BCUT2D eigenvalue weighted by Gasteiger charge is 2.14. The van der Waals surface area contributed by atoms with E-state index in [9.17, 15) is 9.59 Å². The first kappa shape index (κ1) is 22.7. The summed E-state index contributed by atoms with van der Waals surface area (Å²) >= 11 is 0. The van der Waals surface area contributed by atoms with Crippen LogP contribution >= 0.6 is 0 Å². The maximum absolute atomic E-state index is 12.6. The molecule has 2 aromatic heterocycles. The molecule has 4 rings (SSSR count). The molecule has 0 radical (unpaired) electrons. The smallest absolute Gasteiger partial charge is 0.337 e. The number of nitrogens with zero attached hydrogens (tertiary/aromatic N) is 3. The number of anilines is 1. The Morgan fingerprint density at radius 3 is 2.50 bits per heavy atom. The second-order valence-electron chi connectivity index (χ2n) is 7.67. The first-order valence-corrected chi connectivity index (χ1v) is 10.6. The maximum atomic E-state index is 12.6. The number of fused-ring (bicyclic) bond motifs is 1. The predicted octanol–water partition coefficient (Wildman–Crippen LogP) is 4.48. The lowest BCUT2D eigenvalue weighted by atomic mass is 10.1. The van der Waals surface area contributed by atoms with Crippen LogP contribution in [0.25, 0.3) is 22.8 Å². The van der Waals surface area contributed by atoms with Crippen molar-refractivity contribution >= 4 is 34.7 Å². The Kier molecular flexibility index (Phi) is 6.40. The lowest BCUT2D eigenvalue weighted by Gasteiger charge is -2.11. The van der Waals surface area contributed by atoms with Gasteiger partial charge in [-0.05, 0) is 55.3 Å². The van der Waals surface area contributed by atoms with Gasteiger partial charge in [0.2, 0.25) is 5.91 Å². The highest BCUT2D eigenvalue weighted by atomic mass is 16.5. The van der Waals surface area contributed by atoms with E-state index in [2.05, 4.69) is 10.4 Å². The Bertz CT molecular complexity index is 1400. The van der Waals surface area contributed by atoms with Gasteiger partial charge in [-0.2, -0.15) is 9.78 Å². The fourth-order valence-electron chi connectivity index (χ4n) is 3.60. The number of nitrogens with one attached hydrogen (secondary N) is 1. The van der Waals surface area contributed by atoms with E-state index < -0.39 is 5.97 Å². The summed E-state index contributed by atoms with van der Waals surface area (Å²) < 4.78 is 11.8. The van der Waals surface area contributed by atoms with Gasteiger partial charge < -0.3 is 14.8 Å². The molecule has 0 spiro atoms. The zero-order valence-electron chi connectivity index (χ0n) is 19.3. The number of esters is 1. The van der Waals surface area contributed by atoms with Crippen LogP contribution < -0.4 is 10.1 Å². The number of methoxy groups -OCH3 is 2. The summed E-state index contributed by atoms with van der Waals surface area (Å²) in [4.78, 5) is 28.9. The summed E-state index contributed by atoms with van der Waals surface area (Å²) in [6.07, 6.45) is 3.08. The van der Waals surface area contributed by atoms with Crippen LogP contribution in [0, 0.1) is 13.8 Å². The molecule has 0 unspecified atom stereocenters. The molecule has 1 amide bonds. The van der Waals surface area contributed by atoms with Gasteiger partial charge in [-0.25, -0.2) is 9.78 Å². The van der Waals surface area contributed by atoms with Gasteiger partial charge >= 0.3 is 5.97 Å². The van der Waals surface area contributed by atoms with Crippen molar-refractivity contribution in [3.8, 4) is 11.6 Å². The number of aryl methyl sites for hydroxylation is 2. The molecule has 0 saturated heterocycles. The van der Waals surface area contributed by atoms with Crippen LogP contribution in [0.5, 0.6) is 5.75 Å². The van der Waals surface area contributed by atoms with Gasteiger partial charge in [0.1, 0.15) is 17.1 Å². The van der Waals surface area contributed by atoms with E-state index in [1.807, 2.05) is 38.1 Å². The van der Waals surface area contributed by atoms with Crippen molar-refractivity contribution in [2.45, 2.75) is 13.8 Å². The number of hydrogen-bond donors (Lipinski definition) is 1. The minimum atomic E-state index is -0.410. The third-order valence-corrected chi connectivity index (χ3v) is 5.27. The molecule has 8 nitrogen and oxygen atoms in total. The van der Waals surface area contributed by atoms with Gasteiger partial charge in [-0.15, -0.1) is 0 Å². The monoisotopic (exact) mass is 456 g/mol. The molecule has 8 heteroatoms. The molecular weight excluding hydrogens is 432 g/mol. The van der Waals surface area contributed by atoms with Gasteiger partial charge in [0.25, 0.3) is 0 Å². The van der Waals surface area contributed by atoms with Gasteiger partial charge in [-0.3, -0.25) is 4.79 Å². The summed E-state index contributed by atoms with van der Waals surface area (Å²) in [7, 11) is 2.94. The Morgan fingerprint density at radius 2 is 1.79 bits per heavy atom. The first-order valence-electron chi connectivity index (χ1n) is 10.6. The maximum Gasteiger partial charge on any atom is 0.337 e. The highest BCUT2D eigenvalue weighted by Crippen LogP contribution is 2.28. The van der Waals surface area contributed by atoms with E-state index >= 15 is 0 Å². The minimum Gasteiger partial charge on any atom is -0.494 e. The summed E-state index contributed by atoms with van der Waals surface area (Å²) in [6.45, 7) is 3.84. The molecule has 0 fully saturated rings. The number of rotatable bonds is 6. The van der Waals surface area contributed by atoms with Gasteiger partial charge in [-0.1, -0.05) is 24.3 Å². The average Bonchev–Trinajstić information content (AvgIpc) is 3.21. The third kappa shape index (κ3) is 4.66. The Hall–Kier alpha value is -4.46. The van der Waals surface area contributed by atoms with Crippen LogP contribution in [-0.2, 0) is 9.53 Å². The van der Waals surface area contributed by atoms with Crippen LogP contribution in [-0.4, -0.2) is 40.9 Å². The fraction of sp³-hybridized carbons (Fsp3) is 0.154. The largest absolute Gasteiger partial charge is 0.494 e. The molecule has 0 aliphatic rings. The molecule has 0 atom stereocenters. The molecule has 4 aromatic rings. The topological polar surface area (TPSA) is 95.3 Å². The fourth-order valence-corrected chi connectivity index (χ4v) is 3.60.